The van der Waals surface area contributed by atoms with E-state index in [2.05, 4.69) is 158 Å². The van der Waals surface area contributed by atoms with Crippen molar-refractivity contribution in [2.24, 2.45) is 0 Å². The number of rotatable bonds is 3. The van der Waals surface area contributed by atoms with Gasteiger partial charge in [0.25, 0.3) is 0 Å². The molecule has 0 N–H and O–H groups in total. The van der Waals surface area contributed by atoms with Gasteiger partial charge in [-0.25, -0.2) is 0 Å². The first kappa shape index (κ1) is 23.8. The summed E-state index contributed by atoms with van der Waals surface area (Å²) < 4.78 is 0. The van der Waals surface area contributed by atoms with E-state index in [9.17, 15) is 0 Å². The summed E-state index contributed by atoms with van der Waals surface area (Å²) in [4.78, 5) is 0. The molecule has 0 atom stereocenters. The molecule has 0 bridgehead atoms. The van der Waals surface area contributed by atoms with Crippen LogP contribution in [0.5, 0.6) is 0 Å². The van der Waals surface area contributed by atoms with Gasteiger partial charge in [-0.1, -0.05) is 121 Å². The fourth-order valence-electron chi connectivity index (χ4n) is 7.73. The molecule has 10 aromatic carbocycles. The quantitative estimate of drug-likeness (QED) is 0.191. The molecule has 0 amide bonds. The minimum absolute atomic E-state index is 1.25. The monoisotopic (exact) mass is 554 g/mol. The topological polar surface area (TPSA) is 0 Å². The third-order valence-corrected chi connectivity index (χ3v) is 9.66. The zero-order chi connectivity index (χ0) is 28.8. The summed E-state index contributed by atoms with van der Waals surface area (Å²) >= 11 is 0. The van der Waals surface area contributed by atoms with E-state index in [1.54, 1.807) is 0 Å². The van der Waals surface area contributed by atoms with Crippen molar-refractivity contribution in [3.63, 3.8) is 0 Å². The molecule has 44 heavy (non-hydrogen) atoms. The van der Waals surface area contributed by atoms with E-state index in [-0.39, 0.29) is 0 Å². The Balaban J connectivity index is 1.35. The summed E-state index contributed by atoms with van der Waals surface area (Å²) in [5, 5.41) is 15.8. The molecule has 0 spiro atoms. The average Bonchev–Trinajstić information content (AvgIpc) is 3.09. The summed E-state index contributed by atoms with van der Waals surface area (Å²) in [6.45, 7) is 0. The molecule has 0 saturated carbocycles. The van der Waals surface area contributed by atoms with Gasteiger partial charge in [0, 0.05) is 0 Å². The van der Waals surface area contributed by atoms with Crippen molar-refractivity contribution >= 4 is 64.6 Å². The van der Waals surface area contributed by atoms with Crippen molar-refractivity contribution < 1.29 is 0 Å². The van der Waals surface area contributed by atoms with Crippen LogP contribution in [-0.4, -0.2) is 0 Å². The Labute approximate surface area is 255 Å². The molecule has 0 fully saturated rings. The fraction of sp³-hybridized carbons (Fsp3) is 0. The van der Waals surface area contributed by atoms with Crippen LogP contribution in [-0.2, 0) is 0 Å². The van der Waals surface area contributed by atoms with Gasteiger partial charge in [0.15, 0.2) is 0 Å². The van der Waals surface area contributed by atoms with E-state index >= 15 is 0 Å². The van der Waals surface area contributed by atoms with Gasteiger partial charge in [-0.05, 0) is 134 Å². The molecular weight excluding hydrogens is 528 g/mol. The number of benzene rings is 10. The van der Waals surface area contributed by atoms with Crippen LogP contribution in [0.2, 0.25) is 0 Å². The first-order valence-electron chi connectivity index (χ1n) is 15.3. The summed E-state index contributed by atoms with van der Waals surface area (Å²) in [5.74, 6) is 0. The maximum Gasteiger partial charge on any atom is -0.00206 e. The van der Waals surface area contributed by atoms with Crippen LogP contribution in [0.4, 0.5) is 0 Å². The molecule has 202 valence electrons. The molecule has 0 aliphatic heterocycles. The maximum atomic E-state index is 2.45. The van der Waals surface area contributed by atoms with Gasteiger partial charge in [0.1, 0.15) is 0 Å². The second kappa shape index (κ2) is 8.89. The van der Waals surface area contributed by atoms with E-state index in [0.29, 0.717) is 0 Å². The lowest BCUT2D eigenvalue weighted by molar-refractivity contribution is 1.65. The van der Waals surface area contributed by atoms with E-state index < -0.39 is 0 Å². The van der Waals surface area contributed by atoms with Crippen LogP contribution in [0.3, 0.4) is 0 Å². The average molecular weight is 555 g/mol. The second-order valence-electron chi connectivity index (χ2n) is 12.1. The highest BCUT2D eigenvalue weighted by atomic mass is 14.2. The van der Waals surface area contributed by atoms with E-state index in [1.807, 2.05) is 0 Å². The van der Waals surface area contributed by atoms with Crippen molar-refractivity contribution in [2.75, 3.05) is 0 Å². The van der Waals surface area contributed by atoms with Gasteiger partial charge in [-0.3, -0.25) is 0 Å². The molecule has 0 saturated heterocycles. The Morgan fingerprint density at radius 2 is 0.636 bits per heavy atom. The molecule has 0 heteroatoms. The molecule has 0 nitrogen and oxygen atoms in total. The highest BCUT2D eigenvalue weighted by Gasteiger charge is 2.19. The van der Waals surface area contributed by atoms with Gasteiger partial charge in [-0.15, -0.1) is 0 Å². The van der Waals surface area contributed by atoms with Crippen molar-refractivity contribution in [1.82, 2.24) is 0 Å². The van der Waals surface area contributed by atoms with Gasteiger partial charge in [-0.2, -0.15) is 0 Å². The molecule has 0 aliphatic carbocycles. The summed E-state index contributed by atoms with van der Waals surface area (Å²) in [7, 11) is 0. The third-order valence-electron chi connectivity index (χ3n) is 9.66. The second-order valence-corrected chi connectivity index (χ2v) is 12.1. The number of hydrogen-bond donors (Lipinski definition) is 0. The van der Waals surface area contributed by atoms with Crippen molar-refractivity contribution in [2.45, 2.75) is 0 Å². The van der Waals surface area contributed by atoms with Crippen LogP contribution in [0.1, 0.15) is 0 Å². The lowest BCUT2D eigenvalue weighted by Gasteiger charge is -2.20. The van der Waals surface area contributed by atoms with Crippen molar-refractivity contribution in [3.05, 3.63) is 158 Å². The van der Waals surface area contributed by atoms with Crippen LogP contribution >= 0.6 is 0 Å². The number of hydrogen-bond acceptors (Lipinski definition) is 0. The fourth-order valence-corrected chi connectivity index (χ4v) is 7.73. The highest BCUT2D eigenvalue weighted by molar-refractivity contribution is 6.31. The molecular formula is C44H26. The zero-order valence-corrected chi connectivity index (χ0v) is 24.0. The summed E-state index contributed by atoms with van der Waals surface area (Å²) in [6, 6.07) is 58.6. The van der Waals surface area contributed by atoms with Crippen LogP contribution in [0.15, 0.2) is 158 Å². The third kappa shape index (κ3) is 3.34. The maximum absolute atomic E-state index is 2.45. The SMILES string of the molecule is c1ccc(-c2cc3ccc4cccc5c(-c6cc7cc(-c8ccccc8)cc8ccc9cccc6c9c87)cc(c2)c3c45)cc1. The Morgan fingerprint density at radius 3 is 1.09 bits per heavy atom. The predicted octanol–water partition coefficient (Wildman–Crippen LogP) is 12.5. The molecule has 0 heterocycles. The molecule has 10 aromatic rings. The van der Waals surface area contributed by atoms with Crippen LogP contribution < -0.4 is 0 Å². The van der Waals surface area contributed by atoms with Gasteiger partial charge in [0.2, 0.25) is 0 Å². The molecule has 0 aromatic heterocycles. The normalized spacial score (nSPS) is 12.1. The minimum Gasteiger partial charge on any atom is -0.0622 e. The van der Waals surface area contributed by atoms with E-state index in [4.69, 9.17) is 0 Å². The Hall–Kier alpha value is -5.72. The summed E-state index contributed by atoms with van der Waals surface area (Å²) in [6.07, 6.45) is 0. The van der Waals surface area contributed by atoms with Gasteiger partial charge in [0.05, 0.1) is 0 Å². The Bertz CT molecular complexity index is 2490. The van der Waals surface area contributed by atoms with Crippen LogP contribution in [0, 0.1) is 0 Å². The largest absolute Gasteiger partial charge is 0.0622 e. The highest BCUT2D eigenvalue weighted by Crippen LogP contribution is 2.47. The summed E-state index contributed by atoms with van der Waals surface area (Å²) in [5.41, 5.74) is 7.59. The van der Waals surface area contributed by atoms with E-state index in [0.717, 1.165) is 0 Å². The lowest BCUT2D eigenvalue weighted by atomic mass is 9.83. The van der Waals surface area contributed by atoms with Crippen molar-refractivity contribution in [1.29, 1.82) is 0 Å². The first-order chi connectivity index (χ1) is 21.8. The smallest absolute Gasteiger partial charge is 0.00206 e. The Kier molecular flexibility index (Phi) is 4.81. The van der Waals surface area contributed by atoms with Gasteiger partial charge < -0.3 is 0 Å². The zero-order valence-electron chi connectivity index (χ0n) is 24.0. The van der Waals surface area contributed by atoms with Crippen molar-refractivity contribution in [3.8, 4) is 33.4 Å². The van der Waals surface area contributed by atoms with Crippen LogP contribution in [0.25, 0.3) is 98.0 Å². The standard InChI is InChI=1S/C44H26/c1-3-9-27(10-4-1)33-21-31-19-17-29-13-7-15-37-39(25-35(23-33)41(31)43(29)37)40-26-36-24-34(28-11-5-2-6-12-28)22-32-20-18-30-14-8-16-38(40)44(30)42(32)36/h1-26H. The predicted molar refractivity (Wildman–Crippen MR) is 190 cm³/mol. The lowest BCUT2D eigenvalue weighted by Crippen LogP contribution is -1.92. The molecule has 0 radical (unpaired) electrons. The molecule has 0 aliphatic rings. The first-order valence-corrected chi connectivity index (χ1v) is 15.3. The van der Waals surface area contributed by atoms with E-state index in [1.165, 1.54) is 98.0 Å². The Morgan fingerprint density at radius 1 is 0.227 bits per heavy atom. The van der Waals surface area contributed by atoms with Gasteiger partial charge >= 0.3 is 0 Å². The molecule has 10 rings (SSSR count). The molecule has 0 unspecified atom stereocenters. The minimum atomic E-state index is 1.25.